The van der Waals surface area contributed by atoms with Crippen LogP contribution in [-0.2, 0) is 9.59 Å². The zero-order valence-electron chi connectivity index (χ0n) is 14.0. The molecule has 1 unspecified atom stereocenters. The van der Waals surface area contributed by atoms with E-state index in [1.165, 1.54) is 12.1 Å². The van der Waals surface area contributed by atoms with Gasteiger partial charge in [-0.15, -0.1) is 0 Å². The van der Waals surface area contributed by atoms with E-state index in [9.17, 15) is 19.1 Å². The maximum atomic E-state index is 13.1. The van der Waals surface area contributed by atoms with Gasteiger partial charge in [-0.25, -0.2) is 4.39 Å². The Balaban J connectivity index is 1.73. The molecule has 1 heterocycles. The van der Waals surface area contributed by atoms with E-state index in [1.807, 2.05) is 6.08 Å². The van der Waals surface area contributed by atoms with Crippen LogP contribution in [0.15, 0.2) is 36.4 Å². The first kappa shape index (κ1) is 17.6. The van der Waals surface area contributed by atoms with Gasteiger partial charge < -0.3 is 15.7 Å². The van der Waals surface area contributed by atoms with Gasteiger partial charge in [0.25, 0.3) is 0 Å². The number of rotatable bonds is 3. The van der Waals surface area contributed by atoms with Crippen LogP contribution in [0.4, 0.5) is 4.39 Å². The van der Waals surface area contributed by atoms with Gasteiger partial charge >= 0.3 is 5.97 Å². The first-order chi connectivity index (χ1) is 11.9. The Kier molecular flexibility index (Phi) is 4.90. The third-order valence-corrected chi connectivity index (χ3v) is 5.43. The predicted octanol–water partition coefficient (Wildman–Crippen LogP) is 2.28. The number of benzene rings is 1. The topological polar surface area (TPSA) is 83.6 Å². The minimum atomic E-state index is -1.36. The average molecular weight is 346 g/mol. The van der Waals surface area contributed by atoms with Crippen LogP contribution < -0.4 is 5.73 Å². The van der Waals surface area contributed by atoms with E-state index in [1.54, 1.807) is 23.1 Å². The summed E-state index contributed by atoms with van der Waals surface area (Å²) in [5.41, 5.74) is 5.87. The van der Waals surface area contributed by atoms with Crippen molar-refractivity contribution in [2.45, 2.75) is 37.6 Å². The number of carbonyl (C=O) groups excluding carboxylic acids is 1. The lowest BCUT2D eigenvalue weighted by Crippen LogP contribution is -2.56. The van der Waals surface area contributed by atoms with Crippen molar-refractivity contribution >= 4 is 11.9 Å². The molecule has 0 saturated carbocycles. The average Bonchev–Trinajstić information content (AvgIpc) is 2.62. The highest BCUT2D eigenvalue weighted by Gasteiger charge is 2.48. The van der Waals surface area contributed by atoms with Gasteiger partial charge in [0.1, 0.15) is 11.2 Å². The number of aliphatic carboxylic acids is 1. The lowest BCUT2D eigenvalue weighted by Gasteiger charge is -2.41. The monoisotopic (exact) mass is 346 g/mol. The van der Waals surface area contributed by atoms with E-state index >= 15 is 0 Å². The van der Waals surface area contributed by atoms with Gasteiger partial charge in [0.15, 0.2) is 0 Å². The largest absolute Gasteiger partial charge is 0.480 e. The van der Waals surface area contributed by atoms with Crippen LogP contribution in [0.2, 0.25) is 0 Å². The van der Waals surface area contributed by atoms with Crippen LogP contribution in [0.5, 0.6) is 0 Å². The van der Waals surface area contributed by atoms with Gasteiger partial charge in [0.05, 0.1) is 0 Å². The molecular formula is C19H23FN2O3. The Morgan fingerprint density at radius 1 is 1.24 bits per heavy atom. The summed E-state index contributed by atoms with van der Waals surface area (Å²) in [5.74, 6) is -1.65. The molecule has 3 rings (SSSR count). The summed E-state index contributed by atoms with van der Waals surface area (Å²) in [4.78, 5) is 26.4. The fourth-order valence-corrected chi connectivity index (χ4v) is 3.91. The van der Waals surface area contributed by atoms with E-state index in [4.69, 9.17) is 5.73 Å². The van der Waals surface area contributed by atoms with Gasteiger partial charge in [0.2, 0.25) is 5.91 Å². The van der Waals surface area contributed by atoms with Gasteiger partial charge in [-0.1, -0.05) is 24.3 Å². The number of carbonyl (C=O) groups is 2. The fourth-order valence-electron chi connectivity index (χ4n) is 3.91. The summed E-state index contributed by atoms with van der Waals surface area (Å²) in [6.45, 7) is 0.785. The molecule has 2 aliphatic rings. The smallest absolute Gasteiger partial charge is 0.319 e. The zero-order valence-corrected chi connectivity index (χ0v) is 14.0. The second kappa shape index (κ2) is 6.96. The summed E-state index contributed by atoms with van der Waals surface area (Å²) in [5, 5.41) is 9.66. The number of hydrogen-bond donors (Lipinski definition) is 2. The maximum Gasteiger partial charge on any atom is 0.319 e. The summed E-state index contributed by atoms with van der Waals surface area (Å²) in [7, 11) is 0. The molecule has 134 valence electrons. The molecule has 1 aromatic rings. The fraction of sp³-hybridized carbons (Fsp3) is 0.474. The van der Waals surface area contributed by atoms with Gasteiger partial charge in [-0.05, 0) is 43.4 Å². The molecule has 0 radical (unpaired) electrons. The molecule has 0 bridgehead atoms. The van der Waals surface area contributed by atoms with Crippen molar-refractivity contribution < 1.29 is 19.1 Å². The third-order valence-electron chi connectivity index (χ3n) is 5.43. The van der Waals surface area contributed by atoms with Crippen LogP contribution in [0.25, 0.3) is 0 Å². The highest BCUT2D eigenvalue weighted by molar-refractivity contribution is 6.02. The molecular weight excluding hydrogens is 323 g/mol. The van der Waals surface area contributed by atoms with Crippen molar-refractivity contribution in [1.82, 2.24) is 4.90 Å². The summed E-state index contributed by atoms with van der Waals surface area (Å²) in [6, 6.07) is 5.97. The van der Waals surface area contributed by atoms with Crippen LogP contribution in [0.1, 0.15) is 37.2 Å². The Bertz CT molecular complexity index is 688. The number of nitrogens with zero attached hydrogens (tertiary/aromatic N) is 1. The van der Waals surface area contributed by atoms with Crippen molar-refractivity contribution in [3.63, 3.8) is 0 Å². The molecule has 1 amide bonds. The predicted molar refractivity (Wildman–Crippen MR) is 91.4 cm³/mol. The zero-order chi connectivity index (χ0) is 18.0. The molecule has 1 aromatic carbocycles. The molecule has 3 N–H and O–H groups in total. The van der Waals surface area contributed by atoms with Crippen molar-refractivity contribution in [2.24, 2.45) is 11.1 Å². The minimum absolute atomic E-state index is 0.0386. The second-order valence-electron chi connectivity index (χ2n) is 6.96. The lowest BCUT2D eigenvalue weighted by molar-refractivity contribution is -0.162. The summed E-state index contributed by atoms with van der Waals surface area (Å²) >= 11 is 0. The second-order valence-corrected chi connectivity index (χ2v) is 6.96. The van der Waals surface area contributed by atoms with Crippen LogP contribution in [0, 0.1) is 11.2 Å². The SMILES string of the molecule is N[C@@H]1CN(C(=O)C2(C(=O)O)CC=CCC2)CC[C@H]1c1ccc(F)cc1. The first-order valence-corrected chi connectivity index (χ1v) is 8.63. The molecule has 6 heteroatoms. The van der Waals surface area contributed by atoms with Gasteiger partial charge in [-0.2, -0.15) is 0 Å². The number of halogens is 1. The molecule has 1 aliphatic carbocycles. The molecule has 5 nitrogen and oxygen atoms in total. The number of amides is 1. The van der Waals surface area contributed by atoms with Crippen LogP contribution in [0.3, 0.4) is 0 Å². The molecule has 1 aliphatic heterocycles. The standard InChI is InChI=1S/C19H23FN2O3/c20-14-6-4-13(5-7-14)15-8-11-22(12-16(15)21)17(23)19(18(24)25)9-2-1-3-10-19/h1-2,4-7,15-16H,3,8-12,21H2,(H,24,25)/t15-,16+,19?/m0/s1. The van der Waals surface area contributed by atoms with Crippen molar-refractivity contribution in [1.29, 1.82) is 0 Å². The molecule has 1 saturated heterocycles. The van der Waals surface area contributed by atoms with E-state index in [0.717, 1.165) is 5.56 Å². The quantitative estimate of drug-likeness (QED) is 0.650. The van der Waals surface area contributed by atoms with Crippen LogP contribution >= 0.6 is 0 Å². The molecule has 25 heavy (non-hydrogen) atoms. The Morgan fingerprint density at radius 3 is 2.52 bits per heavy atom. The highest BCUT2D eigenvalue weighted by Crippen LogP contribution is 2.37. The number of likely N-dealkylation sites (tertiary alicyclic amines) is 1. The number of nitrogens with two attached hydrogens (primary N) is 1. The number of piperidine rings is 1. The Labute approximate surface area is 146 Å². The third kappa shape index (κ3) is 3.31. The van der Waals surface area contributed by atoms with Crippen molar-refractivity contribution in [3.05, 3.63) is 47.8 Å². The van der Waals surface area contributed by atoms with E-state index in [2.05, 4.69) is 0 Å². The summed E-state index contributed by atoms with van der Waals surface area (Å²) < 4.78 is 13.1. The molecule has 1 fully saturated rings. The first-order valence-electron chi connectivity index (χ1n) is 8.63. The highest BCUT2D eigenvalue weighted by atomic mass is 19.1. The van der Waals surface area contributed by atoms with Crippen molar-refractivity contribution in [2.75, 3.05) is 13.1 Å². The van der Waals surface area contributed by atoms with Crippen molar-refractivity contribution in [3.8, 4) is 0 Å². The minimum Gasteiger partial charge on any atom is -0.480 e. The number of carboxylic acids is 1. The maximum absolute atomic E-state index is 13.1. The Morgan fingerprint density at radius 2 is 1.96 bits per heavy atom. The number of carboxylic acid groups (broad SMARTS) is 1. The lowest BCUT2D eigenvalue weighted by atomic mass is 9.75. The van der Waals surface area contributed by atoms with E-state index in [0.29, 0.717) is 32.4 Å². The molecule has 3 atom stereocenters. The van der Waals surface area contributed by atoms with Gasteiger partial charge in [0, 0.05) is 25.0 Å². The van der Waals surface area contributed by atoms with E-state index in [-0.39, 0.29) is 30.1 Å². The number of allylic oxidation sites excluding steroid dienone is 2. The molecule has 0 spiro atoms. The van der Waals surface area contributed by atoms with Crippen LogP contribution in [-0.4, -0.2) is 41.0 Å². The Hall–Kier alpha value is -2.21. The normalized spacial score (nSPS) is 29.4. The van der Waals surface area contributed by atoms with E-state index < -0.39 is 11.4 Å². The molecule has 0 aromatic heterocycles. The van der Waals surface area contributed by atoms with Gasteiger partial charge in [-0.3, -0.25) is 9.59 Å². The summed E-state index contributed by atoms with van der Waals surface area (Å²) in [6.07, 6.45) is 5.49. The number of hydrogen-bond acceptors (Lipinski definition) is 3.